The third-order valence-corrected chi connectivity index (χ3v) is 6.21. The van der Waals surface area contributed by atoms with Gasteiger partial charge in [0.15, 0.2) is 0 Å². The fourth-order valence-corrected chi connectivity index (χ4v) is 4.36. The number of likely N-dealkylation sites (tertiary alicyclic amines) is 1. The molecule has 1 amide bonds. The van der Waals surface area contributed by atoms with E-state index in [-0.39, 0.29) is 11.9 Å². The number of amides is 1. The van der Waals surface area contributed by atoms with Gasteiger partial charge in [-0.1, -0.05) is 35.9 Å². The molecule has 2 fully saturated rings. The maximum Gasteiger partial charge on any atom is 0.266 e. The lowest BCUT2D eigenvalue weighted by Crippen LogP contribution is -2.61. The number of methoxy groups -OCH3 is 1. The molecular weight excluding hydrogens is 416 g/mol. The van der Waals surface area contributed by atoms with Crippen LogP contribution < -0.4 is 9.47 Å². The van der Waals surface area contributed by atoms with E-state index < -0.39 is 6.10 Å². The maximum absolute atomic E-state index is 13.0. The molecule has 2 atom stereocenters. The van der Waals surface area contributed by atoms with Gasteiger partial charge < -0.3 is 19.1 Å². The van der Waals surface area contributed by atoms with E-state index in [0.717, 1.165) is 57.0 Å². The summed E-state index contributed by atoms with van der Waals surface area (Å²) in [4.78, 5) is 17.3. The van der Waals surface area contributed by atoms with Crippen LogP contribution in [0.1, 0.15) is 24.4 Å². The number of rotatable bonds is 9. The molecule has 2 heterocycles. The highest BCUT2D eigenvalue weighted by molar-refractivity contribution is 6.32. The number of para-hydroxylation sites is 1. The van der Waals surface area contributed by atoms with Crippen molar-refractivity contribution < 1.29 is 19.0 Å². The van der Waals surface area contributed by atoms with Gasteiger partial charge in [-0.25, -0.2) is 0 Å². The SMILES string of the molecule is COc1cccc(C2C(Oc3ccccc3Cl)C(=O)N2CCCCN2CCOCC2)c1. The molecule has 0 spiro atoms. The maximum atomic E-state index is 13.0. The van der Waals surface area contributed by atoms with Crippen molar-refractivity contribution in [2.75, 3.05) is 46.5 Å². The number of nitrogens with zero attached hydrogens (tertiary/aromatic N) is 2. The van der Waals surface area contributed by atoms with Gasteiger partial charge in [0, 0.05) is 19.6 Å². The Bertz CT molecular complexity index is 887. The molecule has 2 aliphatic rings. The molecule has 0 aliphatic carbocycles. The number of halogens is 1. The molecule has 4 rings (SSSR count). The van der Waals surface area contributed by atoms with Crippen LogP contribution in [0.2, 0.25) is 5.02 Å². The van der Waals surface area contributed by atoms with Gasteiger partial charge >= 0.3 is 0 Å². The summed E-state index contributed by atoms with van der Waals surface area (Å²) in [6.45, 7) is 5.33. The molecule has 0 radical (unpaired) electrons. The number of carbonyl (C=O) groups excluding carboxylic acids is 1. The van der Waals surface area contributed by atoms with E-state index in [2.05, 4.69) is 4.90 Å². The van der Waals surface area contributed by atoms with E-state index in [1.807, 2.05) is 41.3 Å². The first-order valence-corrected chi connectivity index (χ1v) is 11.2. The third kappa shape index (κ3) is 5.14. The summed E-state index contributed by atoms with van der Waals surface area (Å²) in [6.07, 6.45) is 1.40. The number of ether oxygens (including phenoxy) is 3. The standard InChI is InChI=1S/C24H29ClN2O4/c1-29-19-8-6-7-18(17-19)22-23(31-21-10-3-2-9-20(21)25)24(28)27(22)12-5-4-11-26-13-15-30-16-14-26/h2-3,6-10,17,22-23H,4-5,11-16H2,1H3. The van der Waals surface area contributed by atoms with Crippen molar-refractivity contribution >= 4 is 17.5 Å². The molecule has 2 unspecified atom stereocenters. The van der Waals surface area contributed by atoms with Gasteiger partial charge in [0.2, 0.25) is 6.10 Å². The number of hydrogen-bond acceptors (Lipinski definition) is 5. The molecule has 6 nitrogen and oxygen atoms in total. The first-order valence-electron chi connectivity index (χ1n) is 10.8. The molecule has 0 bridgehead atoms. The average Bonchev–Trinajstić information content (AvgIpc) is 2.81. The number of morpholine rings is 1. The molecule has 7 heteroatoms. The lowest BCUT2D eigenvalue weighted by Gasteiger charge is -2.47. The zero-order chi connectivity index (χ0) is 21.6. The Balaban J connectivity index is 1.43. The number of β-lactam (4-membered cyclic amide) rings is 1. The quantitative estimate of drug-likeness (QED) is 0.435. The summed E-state index contributed by atoms with van der Waals surface area (Å²) in [7, 11) is 1.65. The van der Waals surface area contributed by atoms with Crippen LogP contribution in [0.4, 0.5) is 0 Å². The van der Waals surface area contributed by atoms with Crippen LogP contribution in [0.5, 0.6) is 11.5 Å². The second kappa shape index (κ2) is 10.4. The molecule has 0 saturated carbocycles. The molecule has 31 heavy (non-hydrogen) atoms. The highest BCUT2D eigenvalue weighted by Gasteiger charge is 2.50. The van der Waals surface area contributed by atoms with Crippen LogP contribution >= 0.6 is 11.6 Å². The average molecular weight is 445 g/mol. The lowest BCUT2D eigenvalue weighted by molar-refractivity contribution is -0.164. The van der Waals surface area contributed by atoms with Crippen LogP contribution in [-0.4, -0.2) is 68.3 Å². The van der Waals surface area contributed by atoms with Crippen molar-refractivity contribution in [1.29, 1.82) is 0 Å². The Morgan fingerprint density at radius 2 is 1.84 bits per heavy atom. The van der Waals surface area contributed by atoms with Crippen LogP contribution in [0.15, 0.2) is 48.5 Å². The number of hydrogen-bond donors (Lipinski definition) is 0. The van der Waals surface area contributed by atoms with Crippen molar-refractivity contribution in [3.63, 3.8) is 0 Å². The number of unbranched alkanes of at least 4 members (excludes halogenated alkanes) is 1. The Hall–Kier alpha value is -2.28. The van der Waals surface area contributed by atoms with E-state index in [1.165, 1.54) is 0 Å². The monoisotopic (exact) mass is 444 g/mol. The van der Waals surface area contributed by atoms with Crippen molar-refractivity contribution in [1.82, 2.24) is 9.80 Å². The fraction of sp³-hybridized carbons (Fsp3) is 0.458. The Labute approximate surface area is 188 Å². The van der Waals surface area contributed by atoms with E-state index in [0.29, 0.717) is 17.3 Å². The van der Waals surface area contributed by atoms with E-state index >= 15 is 0 Å². The minimum atomic E-state index is -0.591. The highest BCUT2D eigenvalue weighted by Crippen LogP contribution is 2.40. The molecule has 166 valence electrons. The first-order chi connectivity index (χ1) is 15.2. The van der Waals surface area contributed by atoms with Crippen molar-refractivity contribution in [3.8, 4) is 11.5 Å². The molecule has 2 aliphatic heterocycles. The summed E-state index contributed by atoms with van der Waals surface area (Å²) in [6, 6.07) is 14.9. The van der Waals surface area contributed by atoms with Gasteiger partial charge in [0.1, 0.15) is 17.5 Å². The van der Waals surface area contributed by atoms with Gasteiger partial charge in [-0.15, -0.1) is 0 Å². The largest absolute Gasteiger partial charge is 0.497 e. The van der Waals surface area contributed by atoms with E-state index in [1.54, 1.807) is 19.2 Å². The predicted molar refractivity (Wildman–Crippen MR) is 120 cm³/mol. The molecule has 2 aromatic carbocycles. The number of carbonyl (C=O) groups is 1. The second-order valence-electron chi connectivity index (χ2n) is 7.88. The minimum Gasteiger partial charge on any atom is -0.497 e. The lowest BCUT2D eigenvalue weighted by atomic mass is 9.90. The van der Waals surface area contributed by atoms with Crippen LogP contribution in [-0.2, 0) is 9.53 Å². The van der Waals surface area contributed by atoms with Crippen LogP contribution in [0.3, 0.4) is 0 Å². The van der Waals surface area contributed by atoms with Crippen molar-refractivity contribution in [3.05, 3.63) is 59.1 Å². The van der Waals surface area contributed by atoms with Crippen LogP contribution in [0, 0.1) is 0 Å². The summed E-state index contributed by atoms with van der Waals surface area (Å²) < 4.78 is 16.9. The topological polar surface area (TPSA) is 51.2 Å². The summed E-state index contributed by atoms with van der Waals surface area (Å²) >= 11 is 6.27. The fourth-order valence-electron chi connectivity index (χ4n) is 4.18. The van der Waals surface area contributed by atoms with Gasteiger partial charge in [-0.2, -0.15) is 0 Å². The summed E-state index contributed by atoms with van der Waals surface area (Å²) in [5.74, 6) is 1.29. The molecule has 2 aromatic rings. The molecule has 0 N–H and O–H groups in total. The second-order valence-corrected chi connectivity index (χ2v) is 8.29. The third-order valence-electron chi connectivity index (χ3n) is 5.90. The molecule has 2 saturated heterocycles. The highest BCUT2D eigenvalue weighted by atomic mass is 35.5. The smallest absolute Gasteiger partial charge is 0.266 e. The van der Waals surface area contributed by atoms with E-state index in [4.69, 9.17) is 25.8 Å². The van der Waals surface area contributed by atoms with Gasteiger partial charge in [0.05, 0.1) is 25.3 Å². The van der Waals surface area contributed by atoms with E-state index in [9.17, 15) is 4.79 Å². The Morgan fingerprint density at radius 1 is 1.06 bits per heavy atom. The van der Waals surface area contributed by atoms with Crippen LogP contribution in [0.25, 0.3) is 0 Å². The van der Waals surface area contributed by atoms with Gasteiger partial charge in [0.25, 0.3) is 5.91 Å². The summed E-state index contributed by atoms with van der Waals surface area (Å²) in [5.41, 5.74) is 1.00. The summed E-state index contributed by atoms with van der Waals surface area (Å²) in [5, 5.41) is 0.503. The van der Waals surface area contributed by atoms with Crippen molar-refractivity contribution in [2.24, 2.45) is 0 Å². The number of benzene rings is 2. The van der Waals surface area contributed by atoms with Gasteiger partial charge in [-0.3, -0.25) is 9.69 Å². The Morgan fingerprint density at radius 3 is 2.61 bits per heavy atom. The normalized spacial score (nSPS) is 21.6. The zero-order valence-corrected chi connectivity index (χ0v) is 18.6. The predicted octanol–water partition coefficient (Wildman–Crippen LogP) is 3.79. The minimum absolute atomic E-state index is 0.000822. The van der Waals surface area contributed by atoms with Gasteiger partial charge in [-0.05, 0) is 49.2 Å². The molecule has 0 aromatic heterocycles. The zero-order valence-electron chi connectivity index (χ0n) is 17.8. The Kier molecular flexibility index (Phi) is 7.33. The molecular formula is C24H29ClN2O4. The van der Waals surface area contributed by atoms with Crippen molar-refractivity contribution in [2.45, 2.75) is 25.0 Å². The first kappa shape index (κ1) is 21.9.